The molecule has 24 heavy (non-hydrogen) atoms. The van der Waals surface area contributed by atoms with Crippen molar-refractivity contribution in [1.29, 1.82) is 0 Å². The Morgan fingerprint density at radius 2 is 2.08 bits per heavy atom. The molecule has 0 atom stereocenters. The molecule has 0 unspecified atom stereocenters. The number of aromatic nitrogens is 6. The van der Waals surface area contributed by atoms with Gasteiger partial charge in [0.15, 0.2) is 11.5 Å². The number of aromatic amines is 1. The Labute approximate surface area is 133 Å². The van der Waals surface area contributed by atoms with Crippen LogP contribution in [0.5, 0.6) is 0 Å². The summed E-state index contributed by atoms with van der Waals surface area (Å²) in [5.41, 5.74) is 0.0273. The van der Waals surface area contributed by atoms with Gasteiger partial charge in [-0.15, -0.1) is 5.10 Å². The molecule has 0 amide bonds. The predicted molar refractivity (Wildman–Crippen MR) is 82.9 cm³/mol. The van der Waals surface area contributed by atoms with E-state index < -0.39 is 11.6 Å². The van der Waals surface area contributed by atoms with E-state index in [1.54, 1.807) is 30.2 Å². The maximum atomic E-state index is 13.8. The summed E-state index contributed by atoms with van der Waals surface area (Å²) in [4.78, 5) is 19.1. The third-order valence-corrected chi connectivity index (χ3v) is 3.77. The Balaban J connectivity index is 2.08. The highest BCUT2D eigenvalue weighted by Crippen LogP contribution is 2.32. The van der Waals surface area contributed by atoms with E-state index in [0.717, 1.165) is 11.4 Å². The number of para-hydroxylation sites is 1. The second-order valence-corrected chi connectivity index (χ2v) is 5.62. The van der Waals surface area contributed by atoms with Crippen molar-refractivity contribution in [3.05, 3.63) is 46.6 Å². The fourth-order valence-electron chi connectivity index (χ4n) is 2.69. The van der Waals surface area contributed by atoms with Crippen molar-refractivity contribution in [2.24, 2.45) is 7.05 Å². The zero-order chi connectivity index (χ0) is 17.1. The van der Waals surface area contributed by atoms with Gasteiger partial charge in [0.1, 0.15) is 0 Å². The fourth-order valence-corrected chi connectivity index (χ4v) is 2.69. The van der Waals surface area contributed by atoms with Crippen LogP contribution in [0.1, 0.15) is 12.5 Å². The first-order valence-corrected chi connectivity index (χ1v) is 7.14. The molecule has 0 fully saturated rings. The van der Waals surface area contributed by atoms with Gasteiger partial charge in [-0.3, -0.25) is 4.68 Å². The molecule has 0 radical (unpaired) electrons. The summed E-state index contributed by atoms with van der Waals surface area (Å²) in [5, 5.41) is 8.59. The van der Waals surface area contributed by atoms with Gasteiger partial charge in [0.05, 0.1) is 17.3 Å². The van der Waals surface area contributed by atoms with Crippen LogP contribution in [0.3, 0.4) is 0 Å². The molecule has 0 aliphatic carbocycles. The van der Waals surface area contributed by atoms with Gasteiger partial charge in [-0.1, -0.05) is 12.1 Å². The van der Waals surface area contributed by atoms with E-state index in [-0.39, 0.29) is 16.7 Å². The minimum atomic E-state index is -3.09. The van der Waals surface area contributed by atoms with Crippen molar-refractivity contribution in [2.45, 2.75) is 12.8 Å². The van der Waals surface area contributed by atoms with Crippen molar-refractivity contribution in [2.75, 3.05) is 0 Å². The van der Waals surface area contributed by atoms with Gasteiger partial charge in [-0.2, -0.15) is 9.61 Å². The second kappa shape index (κ2) is 4.70. The summed E-state index contributed by atoms with van der Waals surface area (Å²) in [7, 11) is 1.75. The SMILES string of the molecule is Cn1cc(-c2nc3c4cccc(C(C)(F)F)c4[nH]c(=O)n3n2)cn1. The van der Waals surface area contributed by atoms with Gasteiger partial charge in [0, 0.05) is 31.1 Å². The van der Waals surface area contributed by atoms with Crippen LogP contribution in [-0.4, -0.2) is 29.4 Å². The zero-order valence-corrected chi connectivity index (χ0v) is 12.8. The normalized spacial score (nSPS) is 12.3. The Kier molecular flexibility index (Phi) is 2.84. The van der Waals surface area contributed by atoms with Gasteiger partial charge < -0.3 is 4.98 Å². The third-order valence-electron chi connectivity index (χ3n) is 3.77. The molecule has 0 aliphatic heterocycles. The molecule has 7 nitrogen and oxygen atoms in total. The molecule has 0 saturated carbocycles. The molecule has 1 aromatic carbocycles. The predicted octanol–water partition coefficient (Wildman–Crippen LogP) is 2.08. The van der Waals surface area contributed by atoms with E-state index in [0.29, 0.717) is 16.8 Å². The number of rotatable bonds is 2. The maximum absolute atomic E-state index is 13.8. The van der Waals surface area contributed by atoms with Gasteiger partial charge in [-0.05, 0) is 6.07 Å². The number of nitrogens with one attached hydrogen (secondary N) is 1. The molecule has 3 heterocycles. The zero-order valence-electron chi connectivity index (χ0n) is 12.8. The van der Waals surface area contributed by atoms with Crippen molar-refractivity contribution in [3.63, 3.8) is 0 Å². The fraction of sp³-hybridized carbons (Fsp3) is 0.200. The lowest BCUT2D eigenvalue weighted by Crippen LogP contribution is -2.19. The molecule has 0 bridgehead atoms. The molecule has 4 rings (SSSR count). The van der Waals surface area contributed by atoms with Gasteiger partial charge in [0.25, 0.3) is 5.92 Å². The van der Waals surface area contributed by atoms with Crippen LogP contribution in [0.4, 0.5) is 8.78 Å². The third kappa shape index (κ3) is 2.08. The number of nitrogens with zero attached hydrogens (tertiary/aromatic N) is 5. The highest BCUT2D eigenvalue weighted by Gasteiger charge is 2.28. The number of alkyl halides is 2. The van der Waals surface area contributed by atoms with Crippen LogP contribution >= 0.6 is 0 Å². The molecule has 0 aliphatic rings. The van der Waals surface area contributed by atoms with E-state index in [1.165, 1.54) is 12.1 Å². The molecule has 0 spiro atoms. The number of hydrogen-bond acceptors (Lipinski definition) is 4. The van der Waals surface area contributed by atoms with Crippen LogP contribution in [0.15, 0.2) is 35.4 Å². The lowest BCUT2D eigenvalue weighted by molar-refractivity contribution is 0.0189. The number of H-pyrrole nitrogens is 1. The molecular formula is C15H12F2N6O. The van der Waals surface area contributed by atoms with E-state index in [1.807, 2.05) is 0 Å². The number of hydrogen-bond donors (Lipinski definition) is 1. The standard InChI is InChI=1S/C15H12F2N6O/c1-15(16,17)10-5-3-4-9-11(10)19-14(24)23-13(9)20-12(21-23)8-6-18-22(2)7-8/h3-7H,1-2H3,(H,19,24). The van der Waals surface area contributed by atoms with Crippen LogP contribution in [0.25, 0.3) is 27.9 Å². The minimum Gasteiger partial charge on any atom is -0.305 e. The minimum absolute atomic E-state index is 0.0626. The number of fused-ring (bicyclic) bond motifs is 3. The lowest BCUT2D eigenvalue weighted by atomic mass is 10.1. The second-order valence-electron chi connectivity index (χ2n) is 5.62. The Morgan fingerprint density at radius 1 is 1.29 bits per heavy atom. The number of halogens is 2. The first-order chi connectivity index (χ1) is 11.3. The van der Waals surface area contributed by atoms with Crippen molar-refractivity contribution in [1.82, 2.24) is 29.4 Å². The Morgan fingerprint density at radius 3 is 2.75 bits per heavy atom. The summed E-state index contributed by atoms with van der Waals surface area (Å²) in [5.74, 6) is -2.79. The number of benzene rings is 1. The summed E-state index contributed by atoms with van der Waals surface area (Å²) in [6.07, 6.45) is 3.27. The Bertz CT molecular complexity index is 1130. The molecule has 9 heteroatoms. The smallest absolute Gasteiger partial charge is 0.305 e. The van der Waals surface area contributed by atoms with Crippen LogP contribution < -0.4 is 5.69 Å². The molecule has 122 valence electrons. The van der Waals surface area contributed by atoms with E-state index in [2.05, 4.69) is 20.2 Å². The summed E-state index contributed by atoms with van der Waals surface area (Å²) in [6.45, 7) is 0.787. The highest BCUT2D eigenvalue weighted by atomic mass is 19.3. The first-order valence-electron chi connectivity index (χ1n) is 7.14. The van der Waals surface area contributed by atoms with Crippen molar-refractivity contribution < 1.29 is 8.78 Å². The first kappa shape index (κ1) is 14.5. The van der Waals surface area contributed by atoms with Crippen molar-refractivity contribution >= 4 is 16.6 Å². The molecule has 0 saturated heterocycles. The highest BCUT2D eigenvalue weighted by molar-refractivity contribution is 5.93. The maximum Gasteiger partial charge on any atom is 0.348 e. The monoisotopic (exact) mass is 330 g/mol. The Hall–Kier alpha value is -3.10. The topological polar surface area (TPSA) is 80.9 Å². The summed E-state index contributed by atoms with van der Waals surface area (Å²) < 4.78 is 30.3. The lowest BCUT2D eigenvalue weighted by Gasteiger charge is -2.13. The largest absolute Gasteiger partial charge is 0.348 e. The quantitative estimate of drug-likeness (QED) is 0.610. The summed E-state index contributed by atoms with van der Waals surface area (Å²) in [6, 6.07) is 4.41. The van der Waals surface area contributed by atoms with Crippen LogP contribution in [0, 0.1) is 0 Å². The van der Waals surface area contributed by atoms with E-state index in [4.69, 9.17) is 0 Å². The average molecular weight is 330 g/mol. The molecular weight excluding hydrogens is 318 g/mol. The van der Waals surface area contributed by atoms with Gasteiger partial charge >= 0.3 is 5.69 Å². The van der Waals surface area contributed by atoms with Crippen molar-refractivity contribution in [3.8, 4) is 11.4 Å². The molecule has 3 aromatic heterocycles. The average Bonchev–Trinajstić information content (AvgIpc) is 3.12. The van der Waals surface area contributed by atoms with Gasteiger partial charge in [-0.25, -0.2) is 18.6 Å². The molecule has 4 aromatic rings. The molecule has 1 N–H and O–H groups in total. The van der Waals surface area contributed by atoms with Gasteiger partial charge in [0.2, 0.25) is 0 Å². The van der Waals surface area contributed by atoms with E-state index >= 15 is 0 Å². The van der Waals surface area contributed by atoms with Crippen LogP contribution in [-0.2, 0) is 13.0 Å². The number of aryl methyl sites for hydroxylation is 1. The van der Waals surface area contributed by atoms with E-state index in [9.17, 15) is 13.6 Å². The summed E-state index contributed by atoms with van der Waals surface area (Å²) >= 11 is 0. The van der Waals surface area contributed by atoms with Crippen LogP contribution in [0.2, 0.25) is 0 Å².